The molecule has 1 fully saturated rings. The number of imidazole rings is 1. The lowest BCUT2D eigenvalue weighted by molar-refractivity contribution is 0.658. The van der Waals surface area contributed by atoms with Gasteiger partial charge in [0.2, 0.25) is 0 Å². The van der Waals surface area contributed by atoms with Gasteiger partial charge in [0.05, 0.1) is 12.9 Å². The van der Waals surface area contributed by atoms with Crippen LogP contribution in [0.5, 0.6) is 0 Å². The summed E-state index contributed by atoms with van der Waals surface area (Å²) in [6.45, 7) is 7.57. The molecule has 2 aromatic heterocycles. The minimum absolute atomic E-state index is 0.634. The van der Waals surface area contributed by atoms with E-state index in [1.165, 1.54) is 27.4 Å². The van der Waals surface area contributed by atoms with Crippen molar-refractivity contribution in [2.45, 2.75) is 32.7 Å². The van der Waals surface area contributed by atoms with Crippen LogP contribution in [0.4, 0.5) is 0 Å². The molecule has 1 aliphatic rings. The summed E-state index contributed by atoms with van der Waals surface area (Å²) in [6.07, 6.45) is 5.23. The standard InChI is InChI=1S/C14H19N3S/c1-10-5-13(18-11(10)2)8-17-9-16-7-14(17)12-3-4-15-6-12/h5,7,9,12,15H,3-4,6,8H2,1-2H3. The number of thiophene rings is 1. The maximum atomic E-state index is 4.33. The molecule has 18 heavy (non-hydrogen) atoms. The van der Waals surface area contributed by atoms with Gasteiger partial charge in [0.15, 0.2) is 0 Å². The van der Waals surface area contributed by atoms with Gasteiger partial charge in [-0.3, -0.25) is 0 Å². The van der Waals surface area contributed by atoms with E-state index in [4.69, 9.17) is 0 Å². The average Bonchev–Trinajstić information content (AvgIpc) is 3.01. The highest BCUT2D eigenvalue weighted by Gasteiger charge is 2.20. The molecular weight excluding hydrogens is 242 g/mol. The van der Waals surface area contributed by atoms with Crippen LogP contribution in [-0.2, 0) is 6.54 Å². The highest BCUT2D eigenvalue weighted by Crippen LogP contribution is 2.25. The molecule has 0 bridgehead atoms. The Kier molecular flexibility index (Phi) is 3.22. The first-order valence-corrected chi connectivity index (χ1v) is 7.32. The van der Waals surface area contributed by atoms with Gasteiger partial charge in [-0.1, -0.05) is 0 Å². The van der Waals surface area contributed by atoms with E-state index in [1.54, 1.807) is 0 Å². The number of aryl methyl sites for hydroxylation is 2. The molecule has 0 aromatic carbocycles. The van der Waals surface area contributed by atoms with Crippen molar-refractivity contribution in [3.63, 3.8) is 0 Å². The fraction of sp³-hybridized carbons (Fsp3) is 0.500. The fourth-order valence-corrected chi connectivity index (χ4v) is 3.66. The van der Waals surface area contributed by atoms with Crippen molar-refractivity contribution in [1.29, 1.82) is 0 Å². The van der Waals surface area contributed by atoms with Crippen LogP contribution in [0, 0.1) is 13.8 Å². The summed E-state index contributed by atoms with van der Waals surface area (Å²) in [6, 6.07) is 2.30. The van der Waals surface area contributed by atoms with Gasteiger partial charge in [0.1, 0.15) is 0 Å². The Morgan fingerprint density at radius 2 is 2.39 bits per heavy atom. The number of hydrogen-bond acceptors (Lipinski definition) is 3. The van der Waals surface area contributed by atoms with E-state index in [-0.39, 0.29) is 0 Å². The zero-order valence-electron chi connectivity index (χ0n) is 10.9. The van der Waals surface area contributed by atoms with Crippen molar-refractivity contribution in [3.8, 4) is 0 Å². The Balaban J connectivity index is 1.82. The molecule has 0 spiro atoms. The minimum atomic E-state index is 0.634. The Hall–Kier alpha value is -1.13. The Morgan fingerprint density at radius 3 is 3.06 bits per heavy atom. The van der Waals surface area contributed by atoms with Crippen LogP contribution in [0.2, 0.25) is 0 Å². The third-order valence-electron chi connectivity index (χ3n) is 3.77. The molecular formula is C14H19N3S. The van der Waals surface area contributed by atoms with Crippen molar-refractivity contribution >= 4 is 11.3 Å². The van der Waals surface area contributed by atoms with Gasteiger partial charge in [-0.25, -0.2) is 4.98 Å². The van der Waals surface area contributed by atoms with Crippen molar-refractivity contribution < 1.29 is 0 Å². The molecule has 1 atom stereocenters. The summed E-state index contributed by atoms with van der Waals surface area (Å²) in [7, 11) is 0. The first-order chi connectivity index (χ1) is 8.74. The summed E-state index contributed by atoms with van der Waals surface area (Å²) in [5.74, 6) is 0.634. The van der Waals surface area contributed by atoms with Gasteiger partial charge < -0.3 is 9.88 Å². The maximum absolute atomic E-state index is 4.33. The normalized spacial score (nSPS) is 19.6. The SMILES string of the molecule is Cc1cc(Cn2cncc2C2CCNC2)sc1C. The van der Waals surface area contributed by atoms with E-state index in [2.05, 4.69) is 34.8 Å². The average molecular weight is 261 g/mol. The second-order valence-electron chi connectivity index (χ2n) is 5.09. The monoisotopic (exact) mass is 261 g/mol. The number of hydrogen-bond donors (Lipinski definition) is 1. The van der Waals surface area contributed by atoms with Gasteiger partial charge in [0.25, 0.3) is 0 Å². The van der Waals surface area contributed by atoms with E-state index < -0.39 is 0 Å². The molecule has 1 saturated heterocycles. The molecule has 0 amide bonds. The molecule has 0 radical (unpaired) electrons. The molecule has 0 aliphatic carbocycles. The molecule has 2 aromatic rings. The summed E-state index contributed by atoms with van der Waals surface area (Å²) in [4.78, 5) is 7.18. The van der Waals surface area contributed by atoms with Gasteiger partial charge >= 0.3 is 0 Å². The first-order valence-electron chi connectivity index (χ1n) is 6.50. The lowest BCUT2D eigenvalue weighted by atomic mass is 10.1. The smallest absolute Gasteiger partial charge is 0.0951 e. The third kappa shape index (κ3) is 2.22. The van der Waals surface area contributed by atoms with Crippen LogP contribution < -0.4 is 5.32 Å². The molecule has 96 valence electrons. The Morgan fingerprint density at radius 1 is 1.50 bits per heavy atom. The molecule has 3 rings (SSSR count). The molecule has 0 saturated carbocycles. The summed E-state index contributed by atoms with van der Waals surface area (Å²) < 4.78 is 2.31. The quantitative estimate of drug-likeness (QED) is 0.920. The Labute approximate surface area is 112 Å². The highest BCUT2D eigenvalue weighted by molar-refractivity contribution is 7.12. The Bertz CT molecular complexity index is 515. The predicted octanol–water partition coefficient (Wildman–Crippen LogP) is 2.69. The lowest BCUT2D eigenvalue weighted by Crippen LogP contribution is -2.11. The first kappa shape index (κ1) is 11.9. The second-order valence-corrected chi connectivity index (χ2v) is 6.43. The van der Waals surface area contributed by atoms with Crippen molar-refractivity contribution in [3.05, 3.63) is 39.6 Å². The fourth-order valence-electron chi connectivity index (χ4n) is 2.61. The lowest BCUT2D eigenvalue weighted by Gasteiger charge is -2.11. The van der Waals surface area contributed by atoms with Crippen LogP contribution in [0.15, 0.2) is 18.6 Å². The van der Waals surface area contributed by atoms with E-state index >= 15 is 0 Å². The molecule has 1 unspecified atom stereocenters. The van der Waals surface area contributed by atoms with Crippen LogP contribution in [0.3, 0.4) is 0 Å². The third-order valence-corrected chi connectivity index (χ3v) is 4.90. The molecule has 3 heterocycles. The van der Waals surface area contributed by atoms with E-state index in [9.17, 15) is 0 Å². The van der Waals surface area contributed by atoms with E-state index in [0.717, 1.165) is 19.6 Å². The largest absolute Gasteiger partial charge is 0.329 e. The zero-order chi connectivity index (χ0) is 12.5. The van der Waals surface area contributed by atoms with Gasteiger partial charge in [-0.05, 0) is 38.4 Å². The van der Waals surface area contributed by atoms with Gasteiger partial charge in [-0.2, -0.15) is 0 Å². The number of nitrogens with one attached hydrogen (secondary N) is 1. The molecule has 4 heteroatoms. The summed E-state index contributed by atoms with van der Waals surface area (Å²) in [5, 5.41) is 3.43. The number of nitrogens with zero attached hydrogens (tertiary/aromatic N) is 2. The van der Waals surface area contributed by atoms with Crippen LogP contribution >= 0.6 is 11.3 Å². The van der Waals surface area contributed by atoms with E-state index in [0.29, 0.717) is 5.92 Å². The molecule has 3 nitrogen and oxygen atoms in total. The molecule has 1 N–H and O–H groups in total. The van der Waals surface area contributed by atoms with Crippen molar-refractivity contribution in [1.82, 2.24) is 14.9 Å². The number of rotatable bonds is 3. The minimum Gasteiger partial charge on any atom is -0.329 e. The maximum Gasteiger partial charge on any atom is 0.0951 e. The summed E-state index contributed by atoms with van der Waals surface area (Å²) in [5.41, 5.74) is 2.78. The van der Waals surface area contributed by atoms with E-state index in [1.807, 2.05) is 23.9 Å². The van der Waals surface area contributed by atoms with Crippen molar-refractivity contribution in [2.24, 2.45) is 0 Å². The molecule has 1 aliphatic heterocycles. The summed E-state index contributed by atoms with van der Waals surface area (Å²) >= 11 is 1.90. The number of aromatic nitrogens is 2. The second kappa shape index (κ2) is 4.86. The van der Waals surface area contributed by atoms with Gasteiger partial charge in [-0.15, -0.1) is 11.3 Å². The van der Waals surface area contributed by atoms with Crippen LogP contribution in [0.1, 0.15) is 33.4 Å². The van der Waals surface area contributed by atoms with Gasteiger partial charge in [0, 0.05) is 34.1 Å². The van der Waals surface area contributed by atoms with Crippen molar-refractivity contribution in [2.75, 3.05) is 13.1 Å². The topological polar surface area (TPSA) is 29.9 Å². The zero-order valence-corrected chi connectivity index (χ0v) is 11.8. The predicted molar refractivity (Wildman–Crippen MR) is 75.3 cm³/mol. The van der Waals surface area contributed by atoms with Crippen LogP contribution in [-0.4, -0.2) is 22.6 Å². The highest BCUT2D eigenvalue weighted by atomic mass is 32.1. The van der Waals surface area contributed by atoms with Crippen LogP contribution in [0.25, 0.3) is 0 Å².